The third-order valence-corrected chi connectivity index (χ3v) is 8.08. The fourth-order valence-electron chi connectivity index (χ4n) is 6.11. The van der Waals surface area contributed by atoms with E-state index in [4.69, 9.17) is 14.1 Å². The molecule has 7 heteroatoms. The van der Waals surface area contributed by atoms with Gasteiger partial charge in [-0.3, -0.25) is 4.98 Å². The maximum Gasteiger partial charge on any atom is 0.164 e. The number of hydrogen-bond donors (Lipinski definition) is 1. The predicted molar refractivity (Wildman–Crippen MR) is 148 cm³/mol. The highest BCUT2D eigenvalue weighted by Gasteiger charge is 2.33. The fraction of sp³-hybridized carbons (Fsp3) is 0.344. The summed E-state index contributed by atoms with van der Waals surface area (Å²) >= 11 is 0. The van der Waals surface area contributed by atoms with Gasteiger partial charge in [-0.05, 0) is 75.8 Å². The van der Waals surface area contributed by atoms with Crippen LogP contribution in [-0.4, -0.2) is 27.9 Å². The number of ether oxygens (including phenoxy) is 1. The second-order valence-electron chi connectivity index (χ2n) is 11.1. The Morgan fingerprint density at radius 1 is 1.05 bits per heavy atom. The molecule has 1 aliphatic heterocycles. The maximum absolute atomic E-state index is 15.6. The van der Waals surface area contributed by atoms with Gasteiger partial charge in [-0.25, -0.2) is 8.78 Å². The highest BCUT2D eigenvalue weighted by Crippen LogP contribution is 2.43. The van der Waals surface area contributed by atoms with Gasteiger partial charge < -0.3 is 18.8 Å². The minimum absolute atomic E-state index is 0.000645. The Morgan fingerprint density at radius 2 is 1.82 bits per heavy atom. The van der Waals surface area contributed by atoms with Crippen molar-refractivity contribution in [2.24, 2.45) is 5.92 Å². The quantitative estimate of drug-likeness (QED) is 0.254. The summed E-state index contributed by atoms with van der Waals surface area (Å²) in [5, 5.41) is 11.8. The largest absolute Gasteiger partial charge is 0.469 e. The number of aliphatic hydroxyl groups is 1. The van der Waals surface area contributed by atoms with Crippen LogP contribution in [-0.2, 0) is 10.3 Å². The highest BCUT2D eigenvalue weighted by molar-refractivity contribution is 6.07. The number of rotatable bonds is 5. The van der Waals surface area contributed by atoms with Gasteiger partial charge in [-0.2, -0.15) is 0 Å². The Hall–Kier alpha value is -3.55. The van der Waals surface area contributed by atoms with Gasteiger partial charge in [0.1, 0.15) is 5.76 Å². The molecule has 0 bridgehead atoms. The van der Waals surface area contributed by atoms with Crippen LogP contribution in [0, 0.1) is 31.4 Å². The van der Waals surface area contributed by atoms with Crippen LogP contribution < -0.4 is 0 Å². The van der Waals surface area contributed by atoms with Gasteiger partial charge in [-0.1, -0.05) is 24.3 Å². The lowest BCUT2D eigenvalue weighted by Crippen LogP contribution is -2.28. The van der Waals surface area contributed by atoms with Crippen LogP contribution in [0.4, 0.5) is 8.78 Å². The molecule has 1 unspecified atom stereocenters. The first-order valence-electron chi connectivity index (χ1n) is 13.4. The molecule has 1 aliphatic rings. The summed E-state index contributed by atoms with van der Waals surface area (Å²) in [6.07, 6.45) is 4.99. The van der Waals surface area contributed by atoms with Gasteiger partial charge in [0, 0.05) is 41.5 Å². The molecule has 0 spiro atoms. The number of hydrogen-bond acceptors (Lipinski definition) is 4. The van der Waals surface area contributed by atoms with E-state index in [9.17, 15) is 9.50 Å². The van der Waals surface area contributed by atoms with Crippen molar-refractivity contribution in [1.29, 1.82) is 0 Å². The molecule has 5 aromatic rings. The zero-order valence-electron chi connectivity index (χ0n) is 22.6. The Morgan fingerprint density at radius 3 is 2.51 bits per heavy atom. The predicted octanol–water partition coefficient (Wildman–Crippen LogP) is 7.59. The van der Waals surface area contributed by atoms with Crippen molar-refractivity contribution in [3.05, 3.63) is 89.0 Å². The zero-order chi connectivity index (χ0) is 27.5. The SMILES string of the molecule is Cc1coc(C)c1-c1cnc2c3ccc(C(C)(C)O)cc3n(C(c3cccc(F)c3F)C3CCOCC3)c2c1. The average Bonchev–Trinajstić information content (AvgIpc) is 3.42. The number of fused-ring (bicyclic) bond motifs is 3. The maximum atomic E-state index is 15.6. The van der Waals surface area contributed by atoms with Gasteiger partial charge in [0.25, 0.3) is 0 Å². The third-order valence-electron chi connectivity index (χ3n) is 8.08. The van der Waals surface area contributed by atoms with Gasteiger partial charge in [0.15, 0.2) is 11.6 Å². The topological polar surface area (TPSA) is 60.4 Å². The molecule has 0 saturated carbocycles. The Balaban J connectivity index is 1.72. The molecule has 39 heavy (non-hydrogen) atoms. The van der Waals surface area contributed by atoms with E-state index in [1.54, 1.807) is 32.2 Å². The number of nitrogens with zero attached hydrogens (tertiary/aromatic N) is 2. The third kappa shape index (κ3) is 4.34. The number of benzene rings is 2. The standard InChI is InChI=1S/C32H32F2N2O3/c1-18-17-39-19(2)28(18)21-14-27-30(35-16-21)23-9-8-22(32(3,4)37)15-26(23)36(27)31(20-10-12-38-13-11-20)24-6-5-7-25(33)29(24)34/h5-9,14-17,20,31,37H,10-13H2,1-4H3. The minimum atomic E-state index is -1.09. The minimum Gasteiger partial charge on any atom is -0.469 e. The Kier molecular flexibility index (Phi) is 6.31. The molecule has 1 saturated heterocycles. The van der Waals surface area contributed by atoms with E-state index in [0.29, 0.717) is 31.6 Å². The van der Waals surface area contributed by atoms with Crippen LogP contribution in [0.2, 0.25) is 0 Å². The summed E-state index contributed by atoms with van der Waals surface area (Å²) in [6.45, 7) is 8.51. The van der Waals surface area contributed by atoms with E-state index in [-0.39, 0.29) is 5.92 Å². The summed E-state index contributed by atoms with van der Waals surface area (Å²) in [4.78, 5) is 4.90. The number of halogens is 2. The molecule has 0 aliphatic carbocycles. The van der Waals surface area contributed by atoms with Gasteiger partial charge in [0.05, 0.1) is 34.5 Å². The van der Waals surface area contributed by atoms with Crippen LogP contribution in [0.5, 0.6) is 0 Å². The second-order valence-corrected chi connectivity index (χ2v) is 11.1. The first-order chi connectivity index (χ1) is 18.6. The van der Waals surface area contributed by atoms with Crippen LogP contribution in [0.1, 0.15) is 55.2 Å². The number of furan rings is 1. The van der Waals surface area contributed by atoms with Crippen LogP contribution in [0.15, 0.2) is 59.3 Å². The molecule has 5 nitrogen and oxygen atoms in total. The molecular formula is C32H32F2N2O3. The van der Waals surface area contributed by atoms with Crippen molar-refractivity contribution >= 4 is 21.9 Å². The molecule has 0 amide bonds. The molecular weight excluding hydrogens is 498 g/mol. The number of aromatic nitrogens is 2. The summed E-state index contributed by atoms with van der Waals surface area (Å²) in [7, 11) is 0. The second kappa shape index (κ2) is 9.57. The van der Waals surface area contributed by atoms with E-state index >= 15 is 4.39 Å². The van der Waals surface area contributed by atoms with Crippen LogP contribution in [0.25, 0.3) is 33.1 Å². The normalized spacial score (nSPS) is 15.9. The lowest BCUT2D eigenvalue weighted by molar-refractivity contribution is 0.0547. The molecule has 202 valence electrons. The van der Waals surface area contributed by atoms with E-state index in [1.165, 1.54) is 0 Å². The van der Waals surface area contributed by atoms with Gasteiger partial charge in [0.2, 0.25) is 0 Å². The monoisotopic (exact) mass is 530 g/mol. The van der Waals surface area contributed by atoms with Crippen molar-refractivity contribution in [2.75, 3.05) is 13.2 Å². The molecule has 1 N–H and O–H groups in total. The van der Waals surface area contributed by atoms with E-state index < -0.39 is 23.3 Å². The lowest BCUT2D eigenvalue weighted by atomic mass is 9.86. The van der Waals surface area contributed by atoms with Crippen molar-refractivity contribution < 1.29 is 23.0 Å². The molecule has 0 radical (unpaired) electrons. The zero-order valence-corrected chi connectivity index (χ0v) is 22.6. The van der Waals surface area contributed by atoms with E-state index in [0.717, 1.165) is 56.0 Å². The molecule has 4 heterocycles. The summed E-state index contributed by atoms with van der Waals surface area (Å²) in [5.74, 6) is -0.919. The molecule has 6 rings (SSSR count). The van der Waals surface area contributed by atoms with E-state index in [1.807, 2.05) is 38.2 Å². The number of aryl methyl sites for hydroxylation is 2. The molecule has 2 aromatic carbocycles. The highest BCUT2D eigenvalue weighted by atomic mass is 19.2. The van der Waals surface area contributed by atoms with Crippen molar-refractivity contribution in [3.63, 3.8) is 0 Å². The Bertz CT molecular complexity index is 1670. The summed E-state index contributed by atoms with van der Waals surface area (Å²) in [5.41, 5.74) is 5.20. The molecule has 1 atom stereocenters. The average molecular weight is 531 g/mol. The lowest BCUT2D eigenvalue weighted by Gasteiger charge is -2.33. The Labute approximate surface area is 226 Å². The number of pyridine rings is 1. The van der Waals surface area contributed by atoms with Gasteiger partial charge >= 0.3 is 0 Å². The van der Waals surface area contributed by atoms with E-state index in [2.05, 4.69) is 10.6 Å². The summed E-state index contributed by atoms with van der Waals surface area (Å²) < 4.78 is 43.7. The van der Waals surface area contributed by atoms with Crippen LogP contribution in [0.3, 0.4) is 0 Å². The molecule has 3 aromatic heterocycles. The molecule has 1 fully saturated rings. The van der Waals surface area contributed by atoms with Crippen molar-refractivity contribution in [1.82, 2.24) is 9.55 Å². The first kappa shape index (κ1) is 25.7. The van der Waals surface area contributed by atoms with Crippen molar-refractivity contribution in [2.45, 2.75) is 52.2 Å². The first-order valence-corrected chi connectivity index (χ1v) is 13.4. The summed E-state index contributed by atoms with van der Waals surface area (Å²) in [6, 6.07) is 11.8. The van der Waals surface area contributed by atoms with Gasteiger partial charge in [-0.15, -0.1) is 0 Å². The van der Waals surface area contributed by atoms with Crippen LogP contribution >= 0.6 is 0 Å². The van der Waals surface area contributed by atoms with Crippen molar-refractivity contribution in [3.8, 4) is 11.1 Å². The smallest absolute Gasteiger partial charge is 0.164 e. The fourth-order valence-corrected chi connectivity index (χ4v) is 6.11.